The quantitative estimate of drug-likeness (QED) is 0.348. The molecular formula is C18H26F3IN4O2. The van der Waals surface area contributed by atoms with Crippen molar-refractivity contribution in [3.63, 3.8) is 0 Å². The van der Waals surface area contributed by atoms with Crippen LogP contribution in [-0.2, 0) is 22.3 Å². The largest absolute Gasteiger partial charge is 0.416 e. The summed E-state index contributed by atoms with van der Waals surface area (Å²) in [6, 6.07) is 5.04. The summed E-state index contributed by atoms with van der Waals surface area (Å²) in [5.41, 5.74) is -0.276. The summed E-state index contributed by atoms with van der Waals surface area (Å²) >= 11 is 0. The van der Waals surface area contributed by atoms with Gasteiger partial charge in [0.25, 0.3) is 0 Å². The smallest absolute Gasteiger partial charge is 0.376 e. The molecule has 0 spiro atoms. The predicted molar refractivity (Wildman–Crippen MR) is 112 cm³/mol. The molecule has 1 amide bonds. The van der Waals surface area contributed by atoms with Gasteiger partial charge >= 0.3 is 6.18 Å². The summed E-state index contributed by atoms with van der Waals surface area (Å²) in [7, 11) is 3.28. The number of nitrogens with one attached hydrogen (secondary N) is 2. The van der Waals surface area contributed by atoms with Gasteiger partial charge in [-0.2, -0.15) is 13.2 Å². The highest BCUT2D eigenvalue weighted by atomic mass is 127. The van der Waals surface area contributed by atoms with Crippen LogP contribution in [0.2, 0.25) is 0 Å². The van der Waals surface area contributed by atoms with Gasteiger partial charge in [0.05, 0.1) is 24.8 Å². The molecule has 1 aliphatic heterocycles. The molecule has 0 aliphatic carbocycles. The van der Waals surface area contributed by atoms with Crippen molar-refractivity contribution >= 4 is 35.8 Å². The Balaban J connectivity index is 0.00000392. The number of ether oxygens (including phenoxy) is 1. The maximum absolute atomic E-state index is 12.8. The van der Waals surface area contributed by atoms with Crippen LogP contribution in [0, 0.1) is 0 Å². The number of nitrogens with zero attached hydrogens (tertiary/aromatic N) is 2. The second-order valence-electron chi connectivity index (χ2n) is 6.52. The molecule has 2 N–H and O–H groups in total. The Morgan fingerprint density at radius 1 is 1.32 bits per heavy atom. The summed E-state index contributed by atoms with van der Waals surface area (Å²) in [5.74, 6) is 0.221. The van der Waals surface area contributed by atoms with Crippen LogP contribution >= 0.6 is 24.0 Å². The third-order valence-corrected chi connectivity index (χ3v) is 4.10. The zero-order chi connectivity index (χ0) is 19.9. The topological polar surface area (TPSA) is 66.0 Å². The minimum absolute atomic E-state index is 0. The molecule has 1 aromatic rings. The van der Waals surface area contributed by atoms with Gasteiger partial charge in [-0.05, 0) is 30.5 Å². The lowest BCUT2D eigenvalue weighted by Gasteiger charge is -2.17. The molecule has 0 aromatic heterocycles. The first-order chi connectivity index (χ1) is 12.8. The van der Waals surface area contributed by atoms with Crippen molar-refractivity contribution in [1.29, 1.82) is 0 Å². The number of amides is 1. The van der Waals surface area contributed by atoms with Crippen molar-refractivity contribution in [3.05, 3.63) is 35.4 Å². The van der Waals surface area contributed by atoms with Crippen LogP contribution in [0.3, 0.4) is 0 Å². The number of benzene rings is 1. The van der Waals surface area contributed by atoms with E-state index in [9.17, 15) is 18.0 Å². The van der Waals surface area contributed by atoms with E-state index in [1.165, 1.54) is 11.0 Å². The van der Waals surface area contributed by atoms with E-state index in [1.54, 1.807) is 20.2 Å². The normalized spacial score (nSPS) is 17.0. The van der Waals surface area contributed by atoms with E-state index in [0.29, 0.717) is 18.1 Å². The molecule has 0 radical (unpaired) electrons. The van der Waals surface area contributed by atoms with Crippen molar-refractivity contribution in [2.24, 2.45) is 4.99 Å². The minimum atomic E-state index is -4.39. The van der Waals surface area contributed by atoms with Crippen molar-refractivity contribution < 1.29 is 22.7 Å². The van der Waals surface area contributed by atoms with Crippen LogP contribution in [0.5, 0.6) is 0 Å². The molecular weight excluding hydrogens is 488 g/mol. The second kappa shape index (κ2) is 11.4. The standard InChI is InChI=1S/C18H25F3N4O2.HI/c1-25(2)16(26)12-24-17(23-11-15-7-4-8-27-15)22-10-13-5-3-6-14(9-13)18(19,20)21;/h3,5-6,9,15H,4,7-8,10-12H2,1-2H3,(H2,22,23,24);1H. The first-order valence-corrected chi connectivity index (χ1v) is 8.76. The van der Waals surface area contributed by atoms with Gasteiger partial charge in [0.2, 0.25) is 5.91 Å². The number of aliphatic imine (C=N–C) groups is 1. The molecule has 2 rings (SSSR count). The SMILES string of the molecule is CN(C)C(=O)CNC(=NCc1cccc(C(F)(F)F)c1)NCC1CCCO1.I. The highest BCUT2D eigenvalue weighted by molar-refractivity contribution is 14.0. The Kier molecular flexibility index (Phi) is 10.0. The van der Waals surface area contributed by atoms with Crippen LogP contribution in [0.4, 0.5) is 13.2 Å². The molecule has 28 heavy (non-hydrogen) atoms. The van der Waals surface area contributed by atoms with Gasteiger partial charge in [-0.25, -0.2) is 4.99 Å². The van der Waals surface area contributed by atoms with Gasteiger partial charge in [-0.15, -0.1) is 24.0 Å². The third kappa shape index (κ3) is 8.21. The Hall–Kier alpha value is -1.56. The summed E-state index contributed by atoms with van der Waals surface area (Å²) in [4.78, 5) is 17.5. The van der Waals surface area contributed by atoms with E-state index in [1.807, 2.05) is 0 Å². The lowest BCUT2D eigenvalue weighted by atomic mass is 10.1. The zero-order valence-electron chi connectivity index (χ0n) is 15.9. The molecule has 1 fully saturated rings. The number of guanidine groups is 1. The maximum atomic E-state index is 12.8. The van der Waals surface area contributed by atoms with Gasteiger partial charge in [0.15, 0.2) is 5.96 Å². The highest BCUT2D eigenvalue weighted by Gasteiger charge is 2.30. The third-order valence-electron chi connectivity index (χ3n) is 4.10. The summed E-state index contributed by atoms with van der Waals surface area (Å²) in [5, 5.41) is 6.00. The van der Waals surface area contributed by atoms with E-state index in [0.717, 1.165) is 31.6 Å². The van der Waals surface area contributed by atoms with Gasteiger partial charge in [0.1, 0.15) is 0 Å². The molecule has 1 aliphatic rings. The first-order valence-electron chi connectivity index (χ1n) is 8.76. The molecule has 6 nitrogen and oxygen atoms in total. The van der Waals surface area contributed by atoms with E-state index >= 15 is 0 Å². The van der Waals surface area contributed by atoms with E-state index in [2.05, 4.69) is 15.6 Å². The molecule has 0 bridgehead atoms. The number of hydrogen-bond acceptors (Lipinski definition) is 3. The van der Waals surface area contributed by atoms with Crippen molar-refractivity contribution in [2.75, 3.05) is 33.8 Å². The lowest BCUT2D eigenvalue weighted by Crippen LogP contribution is -2.45. The van der Waals surface area contributed by atoms with Gasteiger partial charge in [-0.1, -0.05) is 12.1 Å². The Morgan fingerprint density at radius 3 is 2.68 bits per heavy atom. The maximum Gasteiger partial charge on any atom is 0.416 e. The number of carbonyl (C=O) groups excluding carboxylic acids is 1. The van der Waals surface area contributed by atoms with Gasteiger partial charge in [-0.3, -0.25) is 4.79 Å². The Morgan fingerprint density at radius 2 is 2.07 bits per heavy atom. The van der Waals surface area contributed by atoms with Gasteiger partial charge in [0, 0.05) is 27.2 Å². The van der Waals surface area contributed by atoms with Gasteiger partial charge < -0.3 is 20.3 Å². The molecule has 10 heteroatoms. The molecule has 1 atom stereocenters. The summed E-state index contributed by atoms with van der Waals surface area (Å²) < 4.78 is 44.0. The molecule has 1 unspecified atom stereocenters. The van der Waals surface area contributed by atoms with Crippen LogP contribution in [0.1, 0.15) is 24.0 Å². The zero-order valence-corrected chi connectivity index (χ0v) is 18.2. The Bertz CT molecular complexity index is 662. The molecule has 1 aromatic carbocycles. The van der Waals surface area contributed by atoms with E-state index in [4.69, 9.17) is 4.74 Å². The average Bonchev–Trinajstić information content (AvgIpc) is 3.13. The predicted octanol–water partition coefficient (Wildman–Crippen LogP) is 2.63. The molecule has 1 saturated heterocycles. The Labute approximate surface area is 179 Å². The van der Waals surface area contributed by atoms with Crippen LogP contribution in [-0.4, -0.2) is 56.7 Å². The van der Waals surface area contributed by atoms with Crippen LogP contribution < -0.4 is 10.6 Å². The number of carbonyl (C=O) groups is 1. The fourth-order valence-electron chi connectivity index (χ4n) is 2.52. The minimum Gasteiger partial charge on any atom is -0.376 e. The monoisotopic (exact) mass is 514 g/mol. The number of hydrogen-bond donors (Lipinski definition) is 2. The average molecular weight is 514 g/mol. The van der Waals surface area contributed by atoms with Crippen molar-refractivity contribution in [1.82, 2.24) is 15.5 Å². The van der Waals surface area contributed by atoms with Crippen LogP contribution in [0.15, 0.2) is 29.3 Å². The van der Waals surface area contributed by atoms with E-state index in [-0.39, 0.29) is 49.1 Å². The molecule has 158 valence electrons. The first kappa shape index (κ1) is 24.5. The highest BCUT2D eigenvalue weighted by Crippen LogP contribution is 2.29. The number of halogens is 4. The molecule has 0 saturated carbocycles. The number of likely N-dealkylation sites (N-methyl/N-ethyl adjacent to an activating group) is 1. The number of rotatable bonds is 6. The van der Waals surface area contributed by atoms with Crippen molar-refractivity contribution in [3.8, 4) is 0 Å². The summed E-state index contributed by atoms with van der Waals surface area (Å²) in [6.45, 7) is 1.33. The lowest BCUT2D eigenvalue weighted by molar-refractivity contribution is -0.137. The fourth-order valence-corrected chi connectivity index (χ4v) is 2.52. The van der Waals surface area contributed by atoms with Crippen LogP contribution in [0.25, 0.3) is 0 Å². The van der Waals surface area contributed by atoms with E-state index < -0.39 is 11.7 Å². The fraction of sp³-hybridized carbons (Fsp3) is 0.556. The van der Waals surface area contributed by atoms with Crippen molar-refractivity contribution in [2.45, 2.75) is 31.7 Å². The molecule has 1 heterocycles. The number of alkyl halides is 3. The second-order valence-corrected chi connectivity index (χ2v) is 6.52. The summed E-state index contributed by atoms with van der Waals surface area (Å²) in [6.07, 6.45) is -2.40.